The van der Waals surface area contributed by atoms with E-state index in [1.54, 1.807) is 0 Å². The zero-order valence-corrected chi connectivity index (χ0v) is 33.3. The molecule has 11 rings (SSSR count). The molecule has 0 saturated carbocycles. The van der Waals surface area contributed by atoms with Gasteiger partial charge >= 0.3 is 0 Å². The number of aryl methyl sites for hydroxylation is 1. The maximum atomic E-state index is 5.32. The lowest BCUT2D eigenvalue weighted by Gasteiger charge is -2.12. The van der Waals surface area contributed by atoms with Crippen LogP contribution in [-0.2, 0) is 6.42 Å². The molecular formula is C55H41N5. The highest BCUT2D eigenvalue weighted by atomic mass is 15.2. The highest BCUT2D eigenvalue weighted by molar-refractivity contribution is 6.19. The monoisotopic (exact) mass is 771 g/mol. The molecule has 5 nitrogen and oxygen atoms in total. The summed E-state index contributed by atoms with van der Waals surface area (Å²) in [6.07, 6.45) is 3.56. The van der Waals surface area contributed by atoms with Crippen LogP contribution in [0.5, 0.6) is 0 Å². The summed E-state index contributed by atoms with van der Waals surface area (Å²) < 4.78 is 4.58. The Labute approximate surface area is 348 Å². The number of hydrogen-bond acceptors (Lipinski definition) is 3. The summed E-state index contributed by atoms with van der Waals surface area (Å²) in [7, 11) is 0. The molecule has 3 aromatic heterocycles. The maximum absolute atomic E-state index is 5.32. The van der Waals surface area contributed by atoms with E-state index in [0.29, 0.717) is 17.6 Å². The first-order valence-corrected chi connectivity index (χ1v) is 20.8. The molecule has 0 aliphatic heterocycles. The molecule has 286 valence electrons. The molecule has 11 aromatic rings. The third-order valence-corrected chi connectivity index (χ3v) is 11.8. The van der Waals surface area contributed by atoms with Crippen LogP contribution < -0.4 is 0 Å². The maximum Gasteiger partial charge on any atom is 0.238 e. The van der Waals surface area contributed by atoms with E-state index >= 15 is 0 Å². The van der Waals surface area contributed by atoms with E-state index in [2.05, 4.69) is 192 Å². The van der Waals surface area contributed by atoms with Gasteiger partial charge in [-0.1, -0.05) is 165 Å². The number of rotatable bonds is 9. The molecule has 0 amide bonds. The van der Waals surface area contributed by atoms with Crippen molar-refractivity contribution in [3.63, 3.8) is 0 Å². The minimum absolute atomic E-state index is 0.572. The molecule has 0 aliphatic carbocycles. The van der Waals surface area contributed by atoms with Gasteiger partial charge in [-0.25, -0.2) is 4.98 Å². The molecule has 60 heavy (non-hydrogen) atoms. The number of unbranched alkanes of at least 4 members (excludes halogenated alkanes) is 1. The van der Waals surface area contributed by atoms with E-state index in [9.17, 15) is 0 Å². The molecule has 0 atom stereocenters. The molecule has 5 heteroatoms. The first kappa shape index (κ1) is 35.5. The van der Waals surface area contributed by atoms with E-state index in [4.69, 9.17) is 15.0 Å². The number of benzene rings is 8. The van der Waals surface area contributed by atoms with Gasteiger partial charge in [-0.2, -0.15) is 9.97 Å². The fourth-order valence-electron chi connectivity index (χ4n) is 8.75. The molecule has 0 unspecified atom stereocenters. The van der Waals surface area contributed by atoms with Gasteiger partial charge in [0.2, 0.25) is 5.95 Å². The molecule has 0 bridgehead atoms. The van der Waals surface area contributed by atoms with Crippen molar-refractivity contribution in [1.82, 2.24) is 24.1 Å². The van der Waals surface area contributed by atoms with Crippen molar-refractivity contribution in [2.24, 2.45) is 0 Å². The van der Waals surface area contributed by atoms with Crippen LogP contribution in [0.3, 0.4) is 0 Å². The summed E-state index contributed by atoms with van der Waals surface area (Å²) in [6.45, 7) is 2.24. The van der Waals surface area contributed by atoms with Gasteiger partial charge in [-0.15, -0.1) is 0 Å². The van der Waals surface area contributed by atoms with Gasteiger partial charge < -0.3 is 4.57 Å². The zero-order chi connectivity index (χ0) is 40.0. The first-order chi connectivity index (χ1) is 29.7. The average Bonchev–Trinajstić information content (AvgIpc) is 3.82. The standard InChI is InChI=1S/C55H41N5/c1-2-3-15-37-26-28-38(29-27-37)39-30-32-40(33-31-39)42-18-14-19-43(34-42)54-56-53(41-16-6-4-7-17-41)57-55(58-54)60-50-25-13-11-23-46(50)48-35-47-45-22-10-12-24-49(45)59(51(47)36-52(48)60)44-20-8-5-9-21-44/h4-14,16-36H,2-3,15H2,1H3. The molecule has 3 heterocycles. The smallest absolute Gasteiger partial charge is 0.238 e. The Morgan fingerprint density at radius 2 is 0.883 bits per heavy atom. The fraction of sp³-hybridized carbons (Fsp3) is 0.0727. The zero-order valence-electron chi connectivity index (χ0n) is 33.3. The van der Waals surface area contributed by atoms with Gasteiger partial charge in [0.15, 0.2) is 11.6 Å². The summed E-state index contributed by atoms with van der Waals surface area (Å²) in [5, 5.41) is 4.72. The Balaban J connectivity index is 1.07. The van der Waals surface area contributed by atoms with Gasteiger partial charge in [0.1, 0.15) is 0 Å². The summed E-state index contributed by atoms with van der Waals surface area (Å²) in [6, 6.07) is 69.1. The van der Waals surface area contributed by atoms with Crippen LogP contribution in [0, 0.1) is 0 Å². The van der Waals surface area contributed by atoms with Crippen LogP contribution in [-0.4, -0.2) is 24.1 Å². The summed E-state index contributed by atoms with van der Waals surface area (Å²) >= 11 is 0. The molecule has 0 fully saturated rings. The Bertz CT molecular complexity index is 3330. The van der Waals surface area contributed by atoms with Crippen molar-refractivity contribution in [1.29, 1.82) is 0 Å². The molecular weight excluding hydrogens is 731 g/mol. The second-order valence-electron chi connectivity index (χ2n) is 15.5. The van der Waals surface area contributed by atoms with E-state index < -0.39 is 0 Å². The highest BCUT2D eigenvalue weighted by Gasteiger charge is 2.21. The highest BCUT2D eigenvalue weighted by Crippen LogP contribution is 2.40. The average molecular weight is 772 g/mol. The van der Waals surface area contributed by atoms with Crippen LogP contribution in [0.4, 0.5) is 0 Å². The minimum atomic E-state index is 0.572. The Hall–Kier alpha value is -7.63. The second-order valence-corrected chi connectivity index (χ2v) is 15.5. The van der Waals surface area contributed by atoms with Gasteiger partial charge in [-0.05, 0) is 83.1 Å². The molecule has 0 radical (unpaired) electrons. The number of fused-ring (bicyclic) bond motifs is 6. The molecule has 0 spiro atoms. The van der Waals surface area contributed by atoms with Gasteiger partial charge in [0, 0.05) is 38.4 Å². The number of hydrogen-bond donors (Lipinski definition) is 0. The molecule has 8 aromatic carbocycles. The third-order valence-electron chi connectivity index (χ3n) is 11.8. The SMILES string of the molecule is CCCCc1ccc(-c2ccc(-c3cccc(-c4nc(-c5ccccc5)nc(-n5c6ccccc6c6cc7c8ccccc8n(-c8ccccc8)c7cc65)n4)c3)cc2)cc1. The molecule has 0 aliphatic rings. The Morgan fingerprint density at radius 3 is 1.55 bits per heavy atom. The van der Waals surface area contributed by atoms with Gasteiger partial charge in [0.25, 0.3) is 0 Å². The number of para-hydroxylation sites is 3. The number of nitrogens with zero attached hydrogens (tertiary/aromatic N) is 5. The lowest BCUT2D eigenvalue weighted by molar-refractivity contribution is 0.795. The van der Waals surface area contributed by atoms with E-state index in [1.807, 2.05) is 18.2 Å². The van der Waals surface area contributed by atoms with E-state index in [1.165, 1.54) is 45.8 Å². The first-order valence-electron chi connectivity index (χ1n) is 20.8. The van der Waals surface area contributed by atoms with Crippen molar-refractivity contribution in [3.8, 4) is 56.7 Å². The number of aromatic nitrogens is 5. The molecule has 0 N–H and O–H groups in total. The summed E-state index contributed by atoms with van der Waals surface area (Å²) in [5.74, 6) is 1.81. The van der Waals surface area contributed by atoms with Crippen LogP contribution in [0.2, 0.25) is 0 Å². The largest absolute Gasteiger partial charge is 0.309 e. The van der Waals surface area contributed by atoms with Crippen molar-refractivity contribution in [3.05, 3.63) is 200 Å². The van der Waals surface area contributed by atoms with Crippen molar-refractivity contribution in [2.45, 2.75) is 26.2 Å². The molecule has 0 saturated heterocycles. The Kier molecular flexibility index (Phi) is 8.85. The third kappa shape index (κ3) is 6.23. The lowest BCUT2D eigenvalue weighted by Crippen LogP contribution is -2.06. The lowest BCUT2D eigenvalue weighted by atomic mass is 9.98. The van der Waals surface area contributed by atoms with Crippen LogP contribution in [0.25, 0.3) is 100 Å². The van der Waals surface area contributed by atoms with Crippen LogP contribution in [0.1, 0.15) is 25.3 Å². The predicted octanol–water partition coefficient (Wildman–Crippen LogP) is 14.1. The normalized spacial score (nSPS) is 11.6. The van der Waals surface area contributed by atoms with Crippen molar-refractivity contribution in [2.75, 3.05) is 0 Å². The quantitative estimate of drug-likeness (QED) is 0.147. The predicted molar refractivity (Wildman–Crippen MR) is 249 cm³/mol. The van der Waals surface area contributed by atoms with Crippen LogP contribution in [0.15, 0.2) is 194 Å². The summed E-state index contributed by atoms with van der Waals surface area (Å²) in [4.78, 5) is 15.7. The van der Waals surface area contributed by atoms with Crippen molar-refractivity contribution < 1.29 is 0 Å². The van der Waals surface area contributed by atoms with Crippen molar-refractivity contribution >= 4 is 43.6 Å². The topological polar surface area (TPSA) is 48.5 Å². The minimum Gasteiger partial charge on any atom is -0.309 e. The van der Waals surface area contributed by atoms with Gasteiger partial charge in [0.05, 0.1) is 22.1 Å². The van der Waals surface area contributed by atoms with E-state index in [-0.39, 0.29) is 0 Å². The van der Waals surface area contributed by atoms with Crippen LogP contribution >= 0.6 is 0 Å². The van der Waals surface area contributed by atoms with Gasteiger partial charge in [-0.3, -0.25) is 4.57 Å². The second kappa shape index (κ2) is 14.9. The summed E-state index contributed by atoms with van der Waals surface area (Å²) in [5.41, 5.74) is 13.4. The fourth-order valence-corrected chi connectivity index (χ4v) is 8.75. The Morgan fingerprint density at radius 1 is 0.367 bits per heavy atom. The van der Waals surface area contributed by atoms with E-state index in [0.717, 1.165) is 61.7 Å².